The SMILES string of the molecule is COC(=O)[C@]12CC[C@H](C)[C@H](C)[C@H]1C1=CC[C@@H]3[C@@]4(C)CC[C@H](O)C(C)(C)[C@@H]4CC[C@@]3(C)[C@]1(C)CC2. The third kappa shape index (κ3) is 2.83. The van der Waals surface area contributed by atoms with E-state index in [0.717, 1.165) is 44.9 Å². The minimum absolute atomic E-state index is 0.0147. The Morgan fingerprint density at radius 1 is 0.941 bits per heavy atom. The highest BCUT2D eigenvalue weighted by atomic mass is 16.5. The number of carbonyl (C=O) groups is 1. The lowest BCUT2D eigenvalue weighted by molar-refractivity contribution is -0.207. The summed E-state index contributed by atoms with van der Waals surface area (Å²) in [6.07, 6.45) is 12.3. The van der Waals surface area contributed by atoms with E-state index >= 15 is 0 Å². The number of ether oxygens (including phenoxy) is 1. The second kappa shape index (κ2) is 7.59. The van der Waals surface area contributed by atoms with Gasteiger partial charge in [-0.2, -0.15) is 0 Å². The maximum absolute atomic E-state index is 13.4. The number of hydrogen-bond donors (Lipinski definition) is 1. The molecule has 5 aliphatic carbocycles. The van der Waals surface area contributed by atoms with Gasteiger partial charge in [0.2, 0.25) is 0 Å². The number of fused-ring (bicyclic) bond motifs is 7. The number of esters is 1. The average molecular weight is 471 g/mol. The molecule has 192 valence electrons. The summed E-state index contributed by atoms with van der Waals surface area (Å²) in [6.45, 7) is 17.2. The Balaban J connectivity index is 1.61. The molecule has 5 aliphatic rings. The van der Waals surface area contributed by atoms with Crippen molar-refractivity contribution < 1.29 is 14.6 Å². The molecular weight excluding hydrogens is 420 g/mol. The number of carbonyl (C=O) groups excluding carboxylic acids is 1. The number of rotatable bonds is 1. The van der Waals surface area contributed by atoms with Crippen molar-refractivity contribution in [1.82, 2.24) is 0 Å². The Morgan fingerprint density at radius 3 is 2.32 bits per heavy atom. The molecule has 0 aromatic carbocycles. The van der Waals surface area contributed by atoms with Crippen molar-refractivity contribution in [1.29, 1.82) is 0 Å². The van der Waals surface area contributed by atoms with Gasteiger partial charge in [-0.1, -0.05) is 60.1 Å². The van der Waals surface area contributed by atoms with Gasteiger partial charge in [0, 0.05) is 0 Å². The molecule has 0 amide bonds. The fourth-order valence-electron chi connectivity index (χ4n) is 11.0. The topological polar surface area (TPSA) is 46.5 Å². The van der Waals surface area contributed by atoms with Crippen LogP contribution in [0.5, 0.6) is 0 Å². The van der Waals surface area contributed by atoms with Gasteiger partial charge in [0.1, 0.15) is 0 Å². The molecule has 5 rings (SSSR count). The molecule has 0 heterocycles. The summed E-state index contributed by atoms with van der Waals surface area (Å²) in [4.78, 5) is 13.4. The van der Waals surface area contributed by atoms with Crippen LogP contribution in [0.25, 0.3) is 0 Å². The van der Waals surface area contributed by atoms with Gasteiger partial charge in [-0.15, -0.1) is 0 Å². The van der Waals surface area contributed by atoms with Gasteiger partial charge in [0.05, 0.1) is 18.6 Å². The molecule has 1 N–H and O–H groups in total. The van der Waals surface area contributed by atoms with Gasteiger partial charge >= 0.3 is 5.97 Å². The minimum atomic E-state index is -0.326. The quantitative estimate of drug-likeness (QED) is 0.326. The zero-order valence-electron chi connectivity index (χ0n) is 23.2. The molecule has 3 heteroatoms. The van der Waals surface area contributed by atoms with Crippen molar-refractivity contribution >= 4 is 5.97 Å². The fourth-order valence-corrected chi connectivity index (χ4v) is 11.0. The maximum Gasteiger partial charge on any atom is 0.312 e. The molecule has 0 aromatic rings. The molecular formula is C31H50O3. The van der Waals surface area contributed by atoms with Crippen LogP contribution in [0.2, 0.25) is 0 Å². The van der Waals surface area contributed by atoms with Gasteiger partial charge in [0.15, 0.2) is 0 Å². The highest BCUT2D eigenvalue weighted by molar-refractivity contribution is 5.78. The molecule has 10 atom stereocenters. The van der Waals surface area contributed by atoms with Crippen LogP contribution in [0.4, 0.5) is 0 Å². The number of aliphatic hydroxyl groups excluding tert-OH is 1. The van der Waals surface area contributed by atoms with Gasteiger partial charge in [-0.05, 0) is 109 Å². The first-order valence-electron chi connectivity index (χ1n) is 14.3. The lowest BCUT2D eigenvalue weighted by Gasteiger charge is -2.71. The number of hydrogen-bond acceptors (Lipinski definition) is 3. The third-order valence-corrected chi connectivity index (χ3v) is 13.6. The first-order valence-corrected chi connectivity index (χ1v) is 14.3. The van der Waals surface area contributed by atoms with Crippen LogP contribution in [0.1, 0.15) is 106 Å². The molecule has 0 radical (unpaired) electrons. The van der Waals surface area contributed by atoms with E-state index < -0.39 is 0 Å². The van der Waals surface area contributed by atoms with Crippen molar-refractivity contribution in [2.24, 2.45) is 56.7 Å². The fraction of sp³-hybridized carbons (Fsp3) is 0.903. The zero-order chi connectivity index (χ0) is 24.9. The van der Waals surface area contributed by atoms with Gasteiger partial charge in [0.25, 0.3) is 0 Å². The first-order chi connectivity index (χ1) is 15.8. The van der Waals surface area contributed by atoms with Crippen LogP contribution in [0.15, 0.2) is 11.6 Å². The Hall–Kier alpha value is -0.830. The van der Waals surface area contributed by atoms with E-state index in [1.54, 1.807) is 12.7 Å². The lowest BCUT2D eigenvalue weighted by Crippen LogP contribution is -2.65. The molecule has 0 aliphatic heterocycles. The monoisotopic (exact) mass is 470 g/mol. The summed E-state index contributed by atoms with van der Waals surface area (Å²) < 4.78 is 5.51. The van der Waals surface area contributed by atoms with Crippen molar-refractivity contribution in [3.63, 3.8) is 0 Å². The van der Waals surface area contributed by atoms with E-state index in [2.05, 4.69) is 54.5 Å². The Morgan fingerprint density at radius 2 is 1.65 bits per heavy atom. The minimum Gasteiger partial charge on any atom is -0.469 e. The summed E-state index contributed by atoms with van der Waals surface area (Å²) >= 11 is 0. The largest absolute Gasteiger partial charge is 0.469 e. The third-order valence-electron chi connectivity index (χ3n) is 13.6. The normalized spacial score (nSPS) is 54.0. The summed E-state index contributed by atoms with van der Waals surface area (Å²) in [6, 6.07) is 0. The van der Waals surface area contributed by atoms with E-state index in [1.807, 2.05) is 0 Å². The standard InChI is InChI=1S/C31H50O3/c1-19-11-16-31(26(33)34-8)18-17-29(6)21(25(31)20(19)2)9-10-23-28(5)14-13-24(32)27(3,4)22(28)12-15-30(23,29)7/h9,19-20,22-25,32H,10-18H2,1-8H3/t19-,20-,22-,23+,24-,25-,28-,29+,30+,31-/m0/s1. The molecule has 0 saturated heterocycles. The van der Waals surface area contributed by atoms with Crippen LogP contribution < -0.4 is 0 Å². The molecule has 34 heavy (non-hydrogen) atoms. The Bertz CT molecular complexity index is 889. The zero-order valence-corrected chi connectivity index (χ0v) is 23.2. The number of aliphatic hydroxyl groups is 1. The van der Waals surface area contributed by atoms with E-state index in [-0.39, 0.29) is 39.1 Å². The van der Waals surface area contributed by atoms with Crippen molar-refractivity contribution in [2.75, 3.05) is 7.11 Å². The van der Waals surface area contributed by atoms with Crippen molar-refractivity contribution in [3.8, 4) is 0 Å². The molecule has 0 spiro atoms. The second-order valence-corrected chi connectivity index (χ2v) is 14.7. The summed E-state index contributed by atoms with van der Waals surface area (Å²) in [5, 5.41) is 10.9. The van der Waals surface area contributed by atoms with Gasteiger partial charge in [-0.25, -0.2) is 0 Å². The second-order valence-electron chi connectivity index (χ2n) is 14.7. The van der Waals surface area contributed by atoms with Crippen LogP contribution in [-0.2, 0) is 9.53 Å². The summed E-state index contributed by atoms with van der Waals surface area (Å²) in [7, 11) is 1.60. The Kier molecular flexibility index (Phi) is 5.55. The number of allylic oxidation sites excluding steroid dienone is 2. The lowest BCUT2D eigenvalue weighted by atomic mass is 9.33. The van der Waals surface area contributed by atoms with Gasteiger partial charge in [-0.3, -0.25) is 4.79 Å². The van der Waals surface area contributed by atoms with Crippen LogP contribution in [-0.4, -0.2) is 24.3 Å². The molecule has 4 saturated carbocycles. The summed E-state index contributed by atoms with van der Waals surface area (Å²) in [5.74, 6) is 2.73. The number of methoxy groups -OCH3 is 1. The smallest absolute Gasteiger partial charge is 0.312 e. The molecule has 4 fully saturated rings. The van der Waals surface area contributed by atoms with Crippen LogP contribution in [0, 0.1) is 56.7 Å². The van der Waals surface area contributed by atoms with Gasteiger partial charge < -0.3 is 9.84 Å². The Labute approximate surface area is 208 Å². The average Bonchev–Trinajstić information content (AvgIpc) is 2.79. The van der Waals surface area contributed by atoms with E-state index in [9.17, 15) is 9.90 Å². The highest BCUT2D eigenvalue weighted by Gasteiger charge is 2.69. The molecule has 0 bridgehead atoms. The van der Waals surface area contributed by atoms with E-state index in [4.69, 9.17) is 4.74 Å². The van der Waals surface area contributed by atoms with E-state index in [0.29, 0.717) is 29.6 Å². The summed E-state index contributed by atoms with van der Waals surface area (Å²) in [5.41, 5.74) is 1.91. The van der Waals surface area contributed by atoms with Crippen molar-refractivity contribution in [2.45, 2.75) is 112 Å². The highest BCUT2D eigenvalue weighted by Crippen LogP contribution is 2.75. The van der Waals surface area contributed by atoms with Crippen LogP contribution in [0.3, 0.4) is 0 Å². The van der Waals surface area contributed by atoms with Crippen molar-refractivity contribution in [3.05, 3.63) is 11.6 Å². The molecule has 0 unspecified atom stereocenters. The maximum atomic E-state index is 13.4. The molecule has 3 nitrogen and oxygen atoms in total. The predicted octanol–water partition coefficient (Wildman–Crippen LogP) is 7.18. The van der Waals surface area contributed by atoms with Crippen LogP contribution >= 0.6 is 0 Å². The predicted molar refractivity (Wildman–Crippen MR) is 137 cm³/mol. The van der Waals surface area contributed by atoms with E-state index in [1.165, 1.54) is 12.8 Å². The first kappa shape index (κ1) is 24.8. The molecule has 0 aromatic heterocycles.